The Morgan fingerprint density at radius 2 is 2.11 bits per heavy atom. The maximum atomic E-state index is 5.94. The monoisotopic (exact) mass is 266 g/mol. The number of nitrogens with one attached hydrogen (secondary N) is 1. The van der Waals surface area contributed by atoms with E-state index in [9.17, 15) is 0 Å². The zero-order valence-corrected chi connectivity index (χ0v) is 12.1. The summed E-state index contributed by atoms with van der Waals surface area (Å²) in [4.78, 5) is 2.57. The molecule has 0 aromatic heterocycles. The fourth-order valence-corrected chi connectivity index (χ4v) is 2.82. The Hall–Kier alpha value is -0.570. The Morgan fingerprint density at radius 1 is 1.39 bits per heavy atom. The van der Waals surface area contributed by atoms with E-state index in [1.54, 1.807) is 0 Å². The first-order chi connectivity index (χ1) is 8.70. The normalized spacial score (nSPS) is 22.9. The van der Waals surface area contributed by atoms with Crippen molar-refractivity contribution in [2.24, 2.45) is 0 Å². The molecule has 18 heavy (non-hydrogen) atoms. The second kappa shape index (κ2) is 6.55. The molecule has 0 spiro atoms. The third-order valence-electron chi connectivity index (χ3n) is 3.82. The summed E-state index contributed by atoms with van der Waals surface area (Å²) >= 11 is 5.94. The van der Waals surface area contributed by atoms with E-state index < -0.39 is 0 Å². The lowest BCUT2D eigenvalue weighted by Gasteiger charge is -2.37. The molecule has 1 fully saturated rings. The minimum absolute atomic E-state index is 0.476. The first kappa shape index (κ1) is 13.9. The third-order valence-corrected chi connectivity index (χ3v) is 4.08. The summed E-state index contributed by atoms with van der Waals surface area (Å²) in [7, 11) is 0. The minimum atomic E-state index is 0.476. The van der Waals surface area contributed by atoms with Crippen LogP contribution < -0.4 is 5.32 Å². The molecule has 1 aromatic carbocycles. The Morgan fingerprint density at radius 3 is 2.78 bits per heavy atom. The predicted octanol–water partition coefficient (Wildman–Crippen LogP) is 3.47. The molecule has 3 heteroatoms. The Kier molecular flexibility index (Phi) is 5.04. The highest BCUT2D eigenvalue weighted by molar-refractivity contribution is 6.30. The van der Waals surface area contributed by atoms with Gasteiger partial charge in [-0.05, 0) is 31.0 Å². The van der Waals surface area contributed by atoms with Crippen LogP contribution in [0.15, 0.2) is 24.3 Å². The van der Waals surface area contributed by atoms with Gasteiger partial charge in [0.2, 0.25) is 0 Å². The smallest absolute Gasteiger partial charge is 0.0406 e. The van der Waals surface area contributed by atoms with Gasteiger partial charge in [-0.3, -0.25) is 4.90 Å². The van der Waals surface area contributed by atoms with E-state index in [0.717, 1.165) is 24.7 Å². The number of piperazine rings is 1. The van der Waals surface area contributed by atoms with Gasteiger partial charge in [0.15, 0.2) is 0 Å². The number of hydrogen-bond acceptors (Lipinski definition) is 2. The second-order valence-corrected chi connectivity index (χ2v) is 5.60. The quantitative estimate of drug-likeness (QED) is 0.898. The van der Waals surface area contributed by atoms with E-state index in [-0.39, 0.29) is 0 Å². The predicted molar refractivity (Wildman–Crippen MR) is 78.1 cm³/mol. The van der Waals surface area contributed by atoms with E-state index >= 15 is 0 Å². The molecule has 1 saturated heterocycles. The van der Waals surface area contributed by atoms with Crippen LogP contribution in [0, 0.1) is 0 Å². The van der Waals surface area contributed by atoms with Gasteiger partial charge < -0.3 is 5.32 Å². The maximum Gasteiger partial charge on any atom is 0.0406 e. The van der Waals surface area contributed by atoms with E-state index in [1.807, 2.05) is 12.1 Å². The minimum Gasteiger partial charge on any atom is -0.311 e. The van der Waals surface area contributed by atoms with Gasteiger partial charge in [0.1, 0.15) is 0 Å². The second-order valence-electron chi connectivity index (χ2n) is 5.16. The zero-order chi connectivity index (χ0) is 13.0. The lowest BCUT2D eigenvalue weighted by atomic mass is 10.0. The summed E-state index contributed by atoms with van der Waals surface area (Å²) in [5, 5.41) is 4.42. The average Bonchev–Trinajstić information content (AvgIpc) is 2.39. The van der Waals surface area contributed by atoms with Crippen LogP contribution in [0.3, 0.4) is 0 Å². The number of rotatable bonds is 4. The van der Waals surface area contributed by atoms with Crippen molar-refractivity contribution >= 4 is 11.6 Å². The van der Waals surface area contributed by atoms with E-state index in [2.05, 4.69) is 36.2 Å². The van der Waals surface area contributed by atoms with Crippen molar-refractivity contribution in [3.8, 4) is 0 Å². The number of halogens is 1. The molecule has 2 rings (SSSR count). The highest BCUT2D eigenvalue weighted by atomic mass is 35.5. The fourth-order valence-electron chi connectivity index (χ4n) is 2.70. The summed E-state index contributed by atoms with van der Waals surface area (Å²) in [5.41, 5.74) is 1.36. The summed E-state index contributed by atoms with van der Waals surface area (Å²) < 4.78 is 0. The molecule has 1 aromatic rings. The Bertz CT molecular complexity index is 361. The summed E-state index contributed by atoms with van der Waals surface area (Å²) in [6.45, 7) is 7.92. The van der Waals surface area contributed by atoms with Crippen molar-refractivity contribution in [1.29, 1.82) is 0 Å². The molecule has 0 radical (unpaired) electrons. The van der Waals surface area contributed by atoms with Gasteiger partial charge >= 0.3 is 0 Å². The van der Waals surface area contributed by atoms with Crippen LogP contribution in [0.4, 0.5) is 0 Å². The molecule has 0 amide bonds. The third kappa shape index (κ3) is 3.47. The van der Waals surface area contributed by atoms with E-state index in [4.69, 9.17) is 11.6 Å². The van der Waals surface area contributed by atoms with Crippen LogP contribution in [0.5, 0.6) is 0 Å². The van der Waals surface area contributed by atoms with Gasteiger partial charge in [0.25, 0.3) is 0 Å². The SMILES string of the molecule is CCCC1CN(C(C)c2ccc(Cl)cc2)CCN1. The van der Waals surface area contributed by atoms with E-state index in [1.165, 1.54) is 18.4 Å². The van der Waals surface area contributed by atoms with Gasteiger partial charge in [0.05, 0.1) is 0 Å². The first-order valence-electron chi connectivity index (χ1n) is 6.93. The summed E-state index contributed by atoms with van der Waals surface area (Å²) in [5.74, 6) is 0. The Labute approximate surface area is 115 Å². The van der Waals surface area contributed by atoms with Crippen LogP contribution in [0.25, 0.3) is 0 Å². The zero-order valence-electron chi connectivity index (χ0n) is 11.3. The largest absolute Gasteiger partial charge is 0.311 e. The van der Waals surface area contributed by atoms with Gasteiger partial charge in [-0.15, -0.1) is 0 Å². The van der Waals surface area contributed by atoms with E-state index in [0.29, 0.717) is 12.1 Å². The van der Waals surface area contributed by atoms with Crippen molar-refractivity contribution in [3.05, 3.63) is 34.9 Å². The summed E-state index contributed by atoms with van der Waals surface area (Å²) in [6.07, 6.45) is 2.52. The highest BCUT2D eigenvalue weighted by Crippen LogP contribution is 2.23. The molecular formula is C15H23ClN2. The summed E-state index contributed by atoms with van der Waals surface area (Å²) in [6, 6.07) is 9.38. The average molecular weight is 267 g/mol. The van der Waals surface area contributed by atoms with Crippen molar-refractivity contribution in [3.63, 3.8) is 0 Å². The molecule has 0 aliphatic carbocycles. The molecular weight excluding hydrogens is 244 g/mol. The number of benzene rings is 1. The van der Waals surface area contributed by atoms with Crippen LogP contribution in [-0.2, 0) is 0 Å². The van der Waals surface area contributed by atoms with Crippen LogP contribution in [0.2, 0.25) is 5.02 Å². The first-order valence-corrected chi connectivity index (χ1v) is 7.31. The molecule has 100 valence electrons. The van der Waals surface area contributed by atoms with Crippen molar-refractivity contribution in [1.82, 2.24) is 10.2 Å². The molecule has 2 nitrogen and oxygen atoms in total. The van der Waals surface area contributed by atoms with Crippen LogP contribution in [-0.4, -0.2) is 30.6 Å². The van der Waals surface area contributed by atoms with Gasteiger partial charge in [-0.1, -0.05) is 37.1 Å². The van der Waals surface area contributed by atoms with Crippen LogP contribution >= 0.6 is 11.6 Å². The lowest BCUT2D eigenvalue weighted by Crippen LogP contribution is -2.51. The number of hydrogen-bond donors (Lipinski definition) is 1. The fraction of sp³-hybridized carbons (Fsp3) is 0.600. The van der Waals surface area contributed by atoms with Crippen molar-refractivity contribution in [2.45, 2.75) is 38.8 Å². The molecule has 1 aliphatic heterocycles. The van der Waals surface area contributed by atoms with Crippen molar-refractivity contribution in [2.75, 3.05) is 19.6 Å². The number of nitrogens with zero attached hydrogens (tertiary/aromatic N) is 1. The molecule has 0 bridgehead atoms. The topological polar surface area (TPSA) is 15.3 Å². The molecule has 1 aliphatic rings. The van der Waals surface area contributed by atoms with Gasteiger partial charge in [-0.25, -0.2) is 0 Å². The molecule has 1 N–H and O–H groups in total. The van der Waals surface area contributed by atoms with Gasteiger partial charge in [0, 0.05) is 36.7 Å². The van der Waals surface area contributed by atoms with Crippen molar-refractivity contribution < 1.29 is 0 Å². The lowest BCUT2D eigenvalue weighted by molar-refractivity contribution is 0.149. The molecule has 2 unspecified atom stereocenters. The molecule has 2 atom stereocenters. The highest BCUT2D eigenvalue weighted by Gasteiger charge is 2.23. The maximum absolute atomic E-state index is 5.94. The standard InChI is InChI=1S/C15H23ClN2/c1-3-4-15-11-18(10-9-17-15)12(2)13-5-7-14(16)8-6-13/h5-8,12,15,17H,3-4,9-11H2,1-2H3. The Balaban J connectivity index is 1.99. The van der Waals surface area contributed by atoms with Gasteiger partial charge in [-0.2, -0.15) is 0 Å². The molecule has 0 saturated carbocycles. The molecule has 1 heterocycles. The van der Waals surface area contributed by atoms with Crippen LogP contribution in [0.1, 0.15) is 38.3 Å².